The SMILES string of the molecule is O=C(N[C@@H]1CCS(=O)(=O)C1)N(c1ccccc1)c1ccccc1. The molecule has 1 fully saturated rings. The van der Waals surface area contributed by atoms with Gasteiger partial charge in [-0.3, -0.25) is 4.90 Å². The normalized spacial score (nSPS) is 19.2. The average molecular weight is 330 g/mol. The Labute approximate surface area is 135 Å². The molecule has 1 N–H and O–H groups in total. The molecular formula is C17H18N2O3S. The predicted octanol–water partition coefficient (Wildman–Crippen LogP) is 2.72. The first-order chi connectivity index (χ1) is 11.1. The summed E-state index contributed by atoms with van der Waals surface area (Å²) >= 11 is 0. The van der Waals surface area contributed by atoms with Crippen molar-refractivity contribution in [3.8, 4) is 0 Å². The second-order valence-corrected chi connectivity index (χ2v) is 7.78. The number of carbonyl (C=O) groups is 1. The minimum atomic E-state index is -3.03. The maximum Gasteiger partial charge on any atom is 0.326 e. The monoisotopic (exact) mass is 330 g/mol. The fourth-order valence-corrected chi connectivity index (χ4v) is 4.36. The Kier molecular flexibility index (Phi) is 4.34. The van der Waals surface area contributed by atoms with E-state index in [1.807, 2.05) is 60.7 Å². The molecule has 3 rings (SSSR count). The van der Waals surface area contributed by atoms with Crippen LogP contribution in [0, 0.1) is 0 Å². The number of carbonyl (C=O) groups excluding carboxylic acids is 1. The molecule has 6 heteroatoms. The van der Waals surface area contributed by atoms with Crippen LogP contribution in [0.1, 0.15) is 6.42 Å². The van der Waals surface area contributed by atoms with Gasteiger partial charge in [0.2, 0.25) is 0 Å². The highest BCUT2D eigenvalue weighted by Gasteiger charge is 2.30. The molecule has 2 amide bonds. The fourth-order valence-electron chi connectivity index (χ4n) is 2.69. The van der Waals surface area contributed by atoms with Gasteiger partial charge in [0.05, 0.1) is 22.9 Å². The molecular weight excluding hydrogens is 312 g/mol. The summed E-state index contributed by atoms with van der Waals surface area (Å²) in [6.07, 6.45) is 0.464. The Balaban J connectivity index is 1.85. The third-order valence-electron chi connectivity index (χ3n) is 3.79. The molecule has 0 saturated carbocycles. The highest BCUT2D eigenvalue weighted by molar-refractivity contribution is 7.91. The van der Waals surface area contributed by atoms with Crippen molar-refractivity contribution in [2.24, 2.45) is 0 Å². The van der Waals surface area contributed by atoms with E-state index in [2.05, 4.69) is 5.32 Å². The van der Waals surface area contributed by atoms with Crippen molar-refractivity contribution in [3.63, 3.8) is 0 Å². The van der Waals surface area contributed by atoms with Crippen LogP contribution >= 0.6 is 0 Å². The van der Waals surface area contributed by atoms with E-state index in [4.69, 9.17) is 0 Å². The number of benzene rings is 2. The summed E-state index contributed by atoms with van der Waals surface area (Å²) in [5.74, 6) is 0.144. The lowest BCUT2D eigenvalue weighted by Crippen LogP contribution is -2.43. The molecule has 1 saturated heterocycles. The van der Waals surface area contributed by atoms with Gasteiger partial charge in [-0.05, 0) is 30.7 Å². The number of para-hydroxylation sites is 2. The van der Waals surface area contributed by atoms with Crippen molar-refractivity contribution >= 4 is 27.2 Å². The number of nitrogens with zero attached hydrogens (tertiary/aromatic N) is 1. The summed E-state index contributed by atoms with van der Waals surface area (Å²) in [6.45, 7) is 0. The number of sulfone groups is 1. The summed E-state index contributed by atoms with van der Waals surface area (Å²) in [6, 6.07) is 17.9. The molecule has 2 aromatic carbocycles. The zero-order valence-electron chi connectivity index (χ0n) is 12.6. The molecule has 23 heavy (non-hydrogen) atoms. The first-order valence-corrected chi connectivity index (χ1v) is 9.28. The molecule has 0 aliphatic carbocycles. The molecule has 1 aliphatic heterocycles. The van der Waals surface area contributed by atoms with Crippen LogP contribution in [0.3, 0.4) is 0 Å². The minimum Gasteiger partial charge on any atom is -0.334 e. The zero-order valence-corrected chi connectivity index (χ0v) is 13.4. The second kappa shape index (κ2) is 6.42. The molecule has 1 atom stereocenters. The lowest BCUT2D eigenvalue weighted by atomic mass is 10.2. The van der Waals surface area contributed by atoms with Crippen molar-refractivity contribution in [3.05, 3.63) is 60.7 Å². The van der Waals surface area contributed by atoms with E-state index in [9.17, 15) is 13.2 Å². The van der Waals surface area contributed by atoms with E-state index in [-0.39, 0.29) is 23.6 Å². The number of urea groups is 1. The third-order valence-corrected chi connectivity index (χ3v) is 5.56. The van der Waals surface area contributed by atoms with Crippen molar-refractivity contribution in [1.29, 1.82) is 0 Å². The van der Waals surface area contributed by atoms with Crippen LogP contribution in [0.25, 0.3) is 0 Å². The molecule has 0 unspecified atom stereocenters. The average Bonchev–Trinajstić information content (AvgIpc) is 2.88. The smallest absolute Gasteiger partial charge is 0.326 e. The molecule has 0 radical (unpaired) electrons. The molecule has 1 aliphatic rings. The third kappa shape index (κ3) is 3.71. The summed E-state index contributed by atoms with van der Waals surface area (Å²) in [4.78, 5) is 14.3. The Morgan fingerprint density at radius 2 is 1.48 bits per heavy atom. The second-order valence-electron chi connectivity index (χ2n) is 5.56. The summed E-state index contributed by atoms with van der Waals surface area (Å²) in [7, 11) is -3.03. The van der Waals surface area contributed by atoms with Gasteiger partial charge in [0.25, 0.3) is 0 Å². The lowest BCUT2D eigenvalue weighted by molar-refractivity contribution is 0.246. The number of hydrogen-bond donors (Lipinski definition) is 1. The topological polar surface area (TPSA) is 66.5 Å². The Morgan fingerprint density at radius 1 is 0.957 bits per heavy atom. The largest absolute Gasteiger partial charge is 0.334 e. The van der Waals surface area contributed by atoms with Crippen LogP contribution < -0.4 is 10.2 Å². The highest BCUT2D eigenvalue weighted by atomic mass is 32.2. The van der Waals surface area contributed by atoms with E-state index in [1.54, 1.807) is 4.90 Å². The highest BCUT2D eigenvalue weighted by Crippen LogP contribution is 2.25. The first kappa shape index (κ1) is 15.6. The van der Waals surface area contributed by atoms with Gasteiger partial charge < -0.3 is 5.32 Å². The van der Waals surface area contributed by atoms with Gasteiger partial charge in [0.15, 0.2) is 9.84 Å². The molecule has 0 spiro atoms. The van der Waals surface area contributed by atoms with Gasteiger partial charge in [0, 0.05) is 6.04 Å². The Hall–Kier alpha value is -2.34. The van der Waals surface area contributed by atoms with Crippen molar-refractivity contribution in [2.75, 3.05) is 16.4 Å². The lowest BCUT2D eigenvalue weighted by Gasteiger charge is -2.25. The maximum absolute atomic E-state index is 12.7. The van der Waals surface area contributed by atoms with Crippen LogP contribution in [0.2, 0.25) is 0 Å². The van der Waals surface area contributed by atoms with Crippen LogP contribution in [-0.2, 0) is 9.84 Å². The van der Waals surface area contributed by atoms with Gasteiger partial charge in [-0.15, -0.1) is 0 Å². The van der Waals surface area contributed by atoms with Gasteiger partial charge in [-0.25, -0.2) is 13.2 Å². The number of rotatable bonds is 3. The number of anilines is 2. The van der Waals surface area contributed by atoms with E-state index in [0.29, 0.717) is 6.42 Å². The Morgan fingerprint density at radius 3 is 1.91 bits per heavy atom. The zero-order chi connectivity index (χ0) is 16.3. The quantitative estimate of drug-likeness (QED) is 0.941. The van der Waals surface area contributed by atoms with Crippen molar-refractivity contribution in [2.45, 2.75) is 12.5 Å². The van der Waals surface area contributed by atoms with Gasteiger partial charge in [0.1, 0.15) is 0 Å². The van der Waals surface area contributed by atoms with Crippen molar-refractivity contribution in [1.82, 2.24) is 5.32 Å². The van der Waals surface area contributed by atoms with Gasteiger partial charge in [-0.1, -0.05) is 36.4 Å². The summed E-state index contributed by atoms with van der Waals surface area (Å²) in [5, 5.41) is 2.84. The van der Waals surface area contributed by atoms with Crippen LogP contribution in [0.15, 0.2) is 60.7 Å². The minimum absolute atomic E-state index is 0.0101. The van der Waals surface area contributed by atoms with Gasteiger partial charge in [-0.2, -0.15) is 0 Å². The number of hydrogen-bond acceptors (Lipinski definition) is 3. The van der Waals surface area contributed by atoms with E-state index < -0.39 is 9.84 Å². The molecule has 2 aromatic rings. The predicted molar refractivity (Wildman–Crippen MR) is 90.6 cm³/mol. The summed E-state index contributed by atoms with van der Waals surface area (Å²) < 4.78 is 23.1. The fraction of sp³-hybridized carbons (Fsp3) is 0.235. The van der Waals surface area contributed by atoms with Gasteiger partial charge >= 0.3 is 6.03 Å². The number of nitrogens with one attached hydrogen (secondary N) is 1. The molecule has 120 valence electrons. The molecule has 0 aromatic heterocycles. The molecule has 1 heterocycles. The van der Waals surface area contributed by atoms with Crippen LogP contribution in [-0.4, -0.2) is 32.0 Å². The van der Waals surface area contributed by atoms with E-state index in [1.165, 1.54) is 0 Å². The van der Waals surface area contributed by atoms with Crippen LogP contribution in [0.5, 0.6) is 0 Å². The standard InChI is InChI=1S/C17H18N2O3S/c20-17(18-14-11-12-23(21,22)13-14)19(15-7-3-1-4-8-15)16-9-5-2-6-10-16/h1-10,14H,11-13H2,(H,18,20)/t14-/m1/s1. The number of amides is 2. The van der Waals surface area contributed by atoms with E-state index >= 15 is 0 Å². The van der Waals surface area contributed by atoms with Crippen LogP contribution in [0.4, 0.5) is 16.2 Å². The molecule has 5 nitrogen and oxygen atoms in total. The Bertz CT molecular complexity index is 737. The molecule has 0 bridgehead atoms. The maximum atomic E-state index is 12.7. The van der Waals surface area contributed by atoms with E-state index in [0.717, 1.165) is 11.4 Å². The first-order valence-electron chi connectivity index (χ1n) is 7.46. The van der Waals surface area contributed by atoms with Crippen molar-refractivity contribution < 1.29 is 13.2 Å². The summed E-state index contributed by atoms with van der Waals surface area (Å²) in [5.41, 5.74) is 1.47.